The number of hydrogen-bond acceptors (Lipinski definition) is 2. The number of aromatic nitrogens is 2. The van der Waals surface area contributed by atoms with E-state index < -0.39 is 0 Å². The van der Waals surface area contributed by atoms with Crippen LogP contribution in [-0.4, -0.2) is 9.97 Å². The van der Waals surface area contributed by atoms with Crippen molar-refractivity contribution < 1.29 is 0 Å². The van der Waals surface area contributed by atoms with Crippen molar-refractivity contribution in [2.75, 3.05) is 0 Å². The van der Waals surface area contributed by atoms with E-state index in [0.717, 1.165) is 58.7 Å². The van der Waals surface area contributed by atoms with E-state index in [1.54, 1.807) is 0 Å². The van der Waals surface area contributed by atoms with Gasteiger partial charge in [0.2, 0.25) is 0 Å². The summed E-state index contributed by atoms with van der Waals surface area (Å²) in [7, 11) is 0. The molecule has 0 amide bonds. The van der Waals surface area contributed by atoms with Gasteiger partial charge in [-0.2, -0.15) is 0 Å². The van der Waals surface area contributed by atoms with Crippen LogP contribution in [0.2, 0.25) is 0 Å². The molecule has 258 valence electrons. The van der Waals surface area contributed by atoms with Crippen LogP contribution in [-0.2, 0) is 0 Å². The number of pyridine rings is 2. The normalized spacial score (nSPS) is 15.3. The summed E-state index contributed by atoms with van der Waals surface area (Å²) in [5.41, 5.74) is 17.4. The van der Waals surface area contributed by atoms with Gasteiger partial charge in [-0.3, -0.25) is 0 Å². The number of allylic oxidation sites excluding steroid dienone is 8. The fourth-order valence-corrected chi connectivity index (χ4v) is 7.60. The molecule has 9 rings (SSSR count). The van der Waals surface area contributed by atoms with Crippen molar-refractivity contribution in [2.24, 2.45) is 0 Å². The first-order valence-electron chi connectivity index (χ1n) is 18.9. The average Bonchev–Trinajstić information content (AvgIpc) is 3.27. The largest absolute Gasteiger partial charge is 0.248 e. The van der Waals surface area contributed by atoms with Crippen LogP contribution in [0.15, 0.2) is 200 Å². The molecular formula is C52H40N2. The second-order valence-corrected chi connectivity index (χ2v) is 14.1. The highest BCUT2D eigenvalue weighted by molar-refractivity contribution is 5.83. The second-order valence-electron chi connectivity index (χ2n) is 14.1. The number of rotatable bonds is 8. The zero-order valence-corrected chi connectivity index (χ0v) is 30.1. The van der Waals surface area contributed by atoms with Crippen LogP contribution in [0, 0.1) is 0 Å². The molecule has 0 saturated heterocycles. The molecule has 0 N–H and O–H groups in total. The van der Waals surface area contributed by atoms with Gasteiger partial charge in [-0.1, -0.05) is 176 Å². The Morgan fingerprint density at radius 2 is 0.833 bits per heavy atom. The predicted octanol–water partition coefficient (Wildman–Crippen LogP) is 13.5. The Bertz CT molecular complexity index is 2530. The molecule has 5 aromatic carbocycles. The molecule has 0 radical (unpaired) electrons. The van der Waals surface area contributed by atoms with Crippen LogP contribution in [0.4, 0.5) is 0 Å². The molecule has 0 aliphatic heterocycles. The lowest BCUT2D eigenvalue weighted by Crippen LogP contribution is -2.03. The van der Waals surface area contributed by atoms with E-state index in [9.17, 15) is 0 Å². The van der Waals surface area contributed by atoms with E-state index >= 15 is 0 Å². The van der Waals surface area contributed by atoms with E-state index in [4.69, 9.17) is 9.97 Å². The molecular weight excluding hydrogens is 653 g/mol. The van der Waals surface area contributed by atoms with Crippen molar-refractivity contribution >= 4 is 16.7 Å². The third-order valence-corrected chi connectivity index (χ3v) is 10.6. The van der Waals surface area contributed by atoms with E-state index in [-0.39, 0.29) is 5.92 Å². The third kappa shape index (κ3) is 7.20. The quantitative estimate of drug-likeness (QED) is 0.158. The Labute approximate surface area is 318 Å². The Hall–Kier alpha value is -6.64. The molecule has 0 bridgehead atoms. The van der Waals surface area contributed by atoms with Gasteiger partial charge >= 0.3 is 0 Å². The van der Waals surface area contributed by atoms with Crippen LogP contribution >= 0.6 is 0 Å². The van der Waals surface area contributed by atoms with Gasteiger partial charge < -0.3 is 0 Å². The first-order chi connectivity index (χ1) is 26.7. The highest BCUT2D eigenvalue weighted by Crippen LogP contribution is 2.38. The minimum absolute atomic E-state index is 0.194. The van der Waals surface area contributed by atoms with Crippen molar-refractivity contribution in [1.29, 1.82) is 0 Å². The lowest BCUT2D eigenvalue weighted by molar-refractivity contribution is 0.855. The van der Waals surface area contributed by atoms with Crippen LogP contribution < -0.4 is 0 Å². The molecule has 7 aromatic rings. The number of hydrogen-bond donors (Lipinski definition) is 0. The van der Waals surface area contributed by atoms with Crippen LogP contribution in [0.25, 0.3) is 61.6 Å². The number of nitrogens with zero attached hydrogens (tertiary/aromatic N) is 2. The molecule has 2 aromatic heterocycles. The second kappa shape index (κ2) is 15.1. The summed E-state index contributed by atoms with van der Waals surface area (Å²) in [6.45, 7) is 0. The summed E-state index contributed by atoms with van der Waals surface area (Å²) < 4.78 is 0. The van der Waals surface area contributed by atoms with Crippen molar-refractivity contribution in [1.82, 2.24) is 9.97 Å². The predicted molar refractivity (Wildman–Crippen MR) is 226 cm³/mol. The summed E-state index contributed by atoms with van der Waals surface area (Å²) in [5.74, 6) is 0.194. The van der Waals surface area contributed by atoms with E-state index in [1.807, 2.05) is 0 Å². The highest BCUT2D eigenvalue weighted by Gasteiger charge is 2.19. The smallest absolute Gasteiger partial charge is 0.0715 e. The van der Waals surface area contributed by atoms with Gasteiger partial charge in [0.25, 0.3) is 0 Å². The lowest BCUT2D eigenvalue weighted by atomic mass is 9.85. The Morgan fingerprint density at radius 1 is 0.389 bits per heavy atom. The van der Waals surface area contributed by atoms with Gasteiger partial charge in [-0.25, -0.2) is 9.97 Å². The molecule has 54 heavy (non-hydrogen) atoms. The summed E-state index contributed by atoms with van der Waals surface area (Å²) >= 11 is 0. The van der Waals surface area contributed by atoms with Gasteiger partial charge in [0.15, 0.2) is 0 Å². The monoisotopic (exact) mass is 692 g/mol. The molecule has 2 heteroatoms. The molecule has 1 unspecified atom stereocenters. The van der Waals surface area contributed by atoms with Crippen molar-refractivity contribution in [3.05, 3.63) is 223 Å². The van der Waals surface area contributed by atoms with E-state index in [1.165, 1.54) is 44.5 Å². The molecule has 0 saturated carbocycles. The minimum atomic E-state index is 0.194. The standard InChI is InChI=1S/C52H40N2/c1-5-14-37(15-6-1)39-24-28-43(29-25-39)51-35-47(33-49(53-51)41-18-9-3-10-19-41)45-22-13-23-46(32-45)48-34-50(42-20-11-4-12-21-42)54-52(36-48)44-30-26-40(27-31-44)38-16-7-2-8-17-38/h1-22,24,26-28,30-36,46H,23,25,29H2. The van der Waals surface area contributed by atoms with E-state index in [0.29, 0.717) is 0 Å². The Balaban J connectivity index is 1.10. The zero-order chi connectivity index (χ0) is 36.1. The molecule has 0 spiro atoms. The first-order valence-corrected chi connectivity index (χ1v) is 18.9. The van der Waals surface area contributed by atoms with Crippen molar-refractivity contribution in [3.63, 3.8) is 0 Å². The third-order valence-electron chi connectivity index (χ3n) is 10.6. The molecule has 2 aliphatic rings. The molecule has 2 nitrogen and oxygen atoms in total. The summed E-state index contributed by atoms with van der Waals surface area (Å²) in [6, 6.07) is 60.3. The van der Waals surface area contributed by atoms with Gasteiger partial charge in [0.1, 0.15) is 0 Å². The number of benzene rings is 5. The van der Waals surface area contributed by atoms with Gasteiger partial charge in [0.05, 0.1) is 22.8 Å². The van der Waals surface area contributed by atoms with Crippen molar-refractivity contribution in [3.8, 4) is 44.9 Å². The lowest BCUT2D eigenvalue weighted by Gasteiger charge is -2.21. The van der Waals surface area contributed by atoms with E-state index in [2.05, 4.69) is 200 Å². The van der Waals surface area contributed by atoms with Gasteiger partial charge in [-0.15, -0.1) is 0 Å². The highest BCUT2D eigenvalue weighted by atomic mass is 14.7. The Morgan fingerprint density at radius 3 is 1.43 bits per heavy atom. The fraction of sp³-hybridized carbons (Fsp3) is 0.0769. The van der Waals surface area contributed by atoms with Crippen LogP contribution in [0.5, 0.6) is 0 Å². The van der Waals surface area contributed by atoms with Crippen molar-refractivity contribution in [2.45, 2.75) is 25.2 Å². The molecule has 2 heterocycles. The average molecular weight is 693 g/mol. The topological polar surface area (TPSA) is 25.8 Å². The minimum Gasteiger partial charge on any atom is -0.248 e. The maximum Gasteiger partial charge on any atom is 0.0715 e. The summed E-state index contributed by atoms with van der Waals surface area (Å²) in [4.78, 5) is 10.5. The van der Waals surface area contributed by atoms with Crippen LogP contribution in [0.1, 0.15) is 47.6 Å². The first kappa shape index (κ1) is 33.2. The van der Waals surface area contributed by atoms with Gasteiger partial charge in [0, 0.05) is 22.6 Å². The zero-order valence-electron chi connectivity index (χ0n) is 30.1. The molecule has 0 fully saturated rings. The molecule has 2 aliphatic carbocycles. The SMILES string of the molecule is C1=CC(c2cc(C3=CC=C(c4ccccc4)CC3)nc(-c3ccccc3)c2)=CC(c2cc(-c3ccccc3)nc(-c3ccc(-c4ccccc4)cc3)c2)C1. The summed E-state index contributed by atoms with van der Waals surface area (Å²) in [6.07, 6.45) is 14.5. The maximum atomic E-state index is 5.26. The summed E-state index contributed by atoms with van der Waals surface area (Å²) in [5, 5.41) is 0. The maximum absolute atomic E-state index is 5.26. The van der Waals surface area contributed by atoms with Crippen LogP contribution in [0.3, 0.4) is 0 Å². The van der Waals surface area contributed by atoms with Gasteiger partial charge in [-0.05, 0) is 88.1 Å². The fourth-order valence-electron chi connectivity index (χ4n) is 7.60. The molecule has 1 atom stereocenters. The Kier molecular flexibility index (Phi) is 9.32.